The lowest BCUT2D eigenvalue weighted by Crippen LogP contribution is -2.46. The molecule has 0 spiro atoms. The van der Waals surface area contributed by atoms with Crippen LogP contribution in [-0.4, -0.2) is 37.3 Å². The van der Waals surface area contributed by atoms with Gasteiger partial charge in [-0.25, -0.2) is 8.42 Å². The highest BCUT2D eigenvalue weighted by atomic mass is 32.2. The van der Waals surface area contributed by atoms with Gasteiger partial charge in [-0.3, -0.25) is 4.79 Å². The molecule has 1 amide bonds. The molecular formula is C18H30N2O3S2. The van der Waals surface area contributed by atoms with Gasteiger partial charge in [-0.15, -0.1) is 11.3 Å². The van der Waals surface area contributed by atoms with Gasteiger partial charge in [0.2, 0.25) is 5.91 Å². The fraction of sp³-hybridized carbons (Fsp3) is 0.722. The highest BCUT2D eigenvalue weighted by Gasteiger charge is 2.30. The van der Waals surface area contributed by atoms with E-state index in [0.29, 0.717) is 17.3 Å². The zero-order chi connectivity index (χ0) is 18.9. The van der Waals surface area contributed by atoms with Crippen molar-refractivity contribution in [2.75, 3.05) is 13.1 Å². The molecule has 5 nitrogen and oxygen atoms in total. The number of carbonyl (C=O) groups excluding carboxylic acids is 1. The Kier molecular flexibility index (Phi) is 6.01. The quantitative estimate of drug-likeness (QED) is 0.815. The van der Waals surface area contributed by atoms with Crippen molar-refractivity contribution in [3.05, 3.63) is 17.0 Å². The molecule has 0 unspecified atom stereocenters. The monoisotopic (exact) mass is 386 g/mol. The standard InChI is InChI=1S/C18H30N2O3S2/c1-17(2,3)13-18(4,5)19-15(21)12-14-8-9-16(24-14)25(22,23)20-10-6-7-11-20/h8-9H,6-7,10-13H2,1-5H3,(H,19,21). The summed E-state index contributed by atoms with van der Waals surface area (Å²) < 4.78 is 27.0. The van der Waals surface area contributed by atoms with Crippen LogP contribution < -0.4 is 5.32 Å². The molecule has 0 atom stereocenters. The van der Waals surface area contributed by atoms with E-state index in [9.17, 15) is 13.2 Å². The molecule has 0 bridgehead atoms. The van der Waals surface area contributed by atoms with Gasteiger partial charge < -0.3 is 5.32 Å². The Labute approximate surface area is 155 Å². The maximum atomic E-state index is 12.6. The Hall–Kier alpha value is -0.920. The lowest BCUT2D eigenvalue weighted by Gasteiger charge is -2.33. The molecule has 0 radical (unpaired) electrons. The maximum absolute atomic E-state index is 12.6. The van der Waals surface area contributed by atoms with Crippen molar-refractivity contribution >= 4 is 27.3 Å². The average molecular weight is 387 g/mol. The van der Waals surface area contributed by atoms with E-state index in [2.05, 4.69) is 26.1 Å². The SMILES string of the molecule is CC(C)(C)CC(C)(C)NC(=O)Cc1ccc(S(=O)(=O)N2CCCC2)s1. The third kappa shape index (κ3) is 5.79. The van der Waals surface area contributed by atoms with Crippen LogP contribution in [0.4, 0.5) is 0 Å². The van der Waals surface area contributed by atoms with Gasteiger partial charge >= 0.3 is 0 Å². The van der Waals surface area contributed by atoms with Gasteiger partial charge in [0.25, 0.3) is 10.0 Å². The average Bonchev–Trinajstić information content (AvgIpc) is 3.05. The summed E-state index contributed by atoms with van der Waals surface area (Å²) in [6.45, 7) is 11.7. The first-order valence-electron chi connectivity index (χ1n) is 8.79. The van der Waals surface area contributed by atoms with E-state index in [4.69, 9.17) is 0 Å². The molecule has 0 saturated carbocycles. The molecule has 1 aliphatic rings. The highest BCUT2D eigenvalue weighted by Crippen LogP contribution is 2.29. The molecule has 1 saturated heterocycles. The Morgan fingerprint density at radius 1 is 1.16 bits per heavy atom. The Balaban J connectivity index is 2.00. The van der Waals surface area contributed by atoms with E-state index in [0.717, 1.165) is 24.1 Å². The van der Waals surface area contributed by atoms with Crippen molar-refractivity contribution in [1.29, 1.82) is 0 Å². The third-order valence-corrected chi connectivity index (χ3v) is 7.53. The second kappa shape index (κ2) is 7.37. The lowest BCUT2D eigenvalue weighted by atomic mass is 9.82. The normalized spacial score (nSPS) is 17.0. The molecule has 7 heteroatoms. The molecule has 2 rings (SSSR count). The molecule has 2 heterocycles. The van der Waals surface area contributed by atoms with Gasteiger partial charge in [-0.2, -0.15) is 4.31 Å². The summed E-state index contributed by atoms with van der Waals surface area (Å²) in [5.41, 5.74) is -0.173. The van der Waals surface area contributed by atoms with Crippen molar-refractivity contribution in [1.82, 2.24) is 9.62 Å². The van der Waals surface area contributed by atoms with Crippen LogP contribution in [-0.2, 0) is 21.2 Å². The topological polar surface area (TPSA) is 66.5 Å². The molecule has 0 aromatic carbocycles. The Morgan fingerprint density at radius 2 is 1.76 bits per heavy atom. The van der Waals surface area contributed by atoms with Crippen LogP contribution >= 0.6 is 11.3 Å². The summed E-state index contributed by atoms with van der Waals surface area (Å²) in [7, 11) is -3.39. The van der Waals surface area contributed by atoms with E-state index in [-0.39, 0.29) is 23.3 Å². The van der Waals surface area contributed by atoms with Gasteiger partial charge in [0.1, 0.15) is 4.21 Å². The summed E-state index contributed by atoms with van der Waals surface area (Å²) >= 11 is 1.20. The number of nitrogens with zero attached hydrogens (tertiary/aromatic N) is 1. The maximum Gasteiger partial charge on any atom is 0.252 e. The third-order valence-electron chi connectivity index (χ3n) is 4.08. The first kappa shape index (κ1) is 20.4. The van der Waals surface area contributed by atoms with Crippen LogP contribution in [0, 0.1) is 5.41 Å². The molecule has 1 fully saturated rings. The zero-order valence-corrected chi connectivity index (χ0v) is 17.5. The van der Waals surface area contributed by atoms with Crippen LogP contribution in [0.3, 0.4) is 0 Å². The predicted molar refractivity (Wildman–Crippen MR) is 102 cm³/mol. The number of hydrogen-bond acceptors (Lipinski definition) is 4. The number of carbonyl (C=O) groups is 1. The Morgan fingerprint density at radius 3 is 2.32 bits per heavy atom. The van der Waals surface area contributed by atoms with E-state index >= 15 is 0 Å². The van der Waals surface area contributed by atoms with Crippen LogP contribution in [0.15, 0.2) is 16.3 Å². The Bertz CT molecular complexity index is 709. The van der Waals surface area contributed by atoms with Crippen molar-refractivity contribution in [2.45, 2.75) is 70.1 Å². The minimum atomic E-state index is -3.39. The number of rotatable bonds is 6. The highest BCUT2D eigenvalue weighted by molar-refractivity contribution is 7.91. The minimum Gasteiger partial charge on any atom is -0.351 e. The summed E-state index contributed by atoms with van der Waals surface area (Å²) in [4.78, 5) is 13.1. The van der Waals surface area contributed by atoms with Gasteiger partial charge in [0, 0.05) is 23.5 Å². The number of thiophene rings is 1. The van der Waals surface area contributed by atoms with Gasteiger partial charge in [-0.1, -0.05) is 20.8 Å². The van der Waals surface area contributed by atoms with Crippen LogP contribution in [0.2, 0.25) is 0 Å². The van der Waals surface area contributed by atoms with E-state index in [1.54, 1.807) is 12.1 Å². The summed E-state index contributed by atoms with van der Waals surface area (Å²) in [5.74, 6) is -0.0683. The summed E-state index contributed by atoms with van der Waals surface area (Å²) in [6.07, 6.45) is 2.92. The fourth-order valence-electron chi connectivity index (χ4n) is 3.60. The largest absolute Gasteiger partial charge is 0.351 e. The zero-order valence-electron chi connectivity index (χ0n) is 15.9. The van der Waals surface area contributed by atoms with Crippen molar-refractivity contribution < 1.29 is 13.2 Å². The van der Waals surface area contributed by atoms with Crippen LogP contribution in [0.25, 0.3) is 0 Å². The molecule has 142 valence electrons. The van der Waals surface area contributed by atoms with E-state index in [1.807, 2.05) is 13.8 Å². The second-order valence-electron chi connectivity index (χ2n) is 8.68. The minimum absolute atomic E-state index is 0.0683. The number of amides is 1. The van der Waals surface area contributed by atoms with Crippen molar-refractivity contribution in [2.24, 2.45) is 5.41 Å². The number of hydrogen-bond donors (Lipinski definition) is 1. The molecule has 1 aromatic rings. The van der Waals surface area contributed by atoms with E-state index in [1.165, 1.54) is 15.6 Å². The first-order valence-corrected chi connectivity index (χ1v) is 11.0. The summed E-state index contributed by atoms with van der Waals surface area (Å²) in [6, 6.07) is 3.38. The van der Waals surface area contributed by atoms with Gasteiger partial charge in [-0.05, 0) is 50.7 Å². The molecule has 1 N–H and O–H groups in total. The molecule has 1 aromatic heterocycles. The van der Waals surface area contributed by atoms with E-state index < -0.39 is 10.0 Å². The smallest absolute Gasteiger partial charge is 0.252 e. The van der Waals surface area contributed by atoms with Gasteiger partial charge in [0.15, 0.2) is 0 Å². The lowest BCUT2D eigenvalue weighted by molar-refractivity contribution is -0.122. The predicted octanol–water partition coefficient (Wildman–Crippen LogP) is 3.41. The fourth-order valence-corrected chi connectivity index (χ4v) is 6.62. The van der Waals surface area contributed by atoms with Crippen molar-refractivity contribution in [3.8, 4) is 0 Å². The molecular weight excluding hydrogens is 356 g/mol. The molecule has 25 heavy (non-hydrogen) atoms. The van der Waals surface area contributed by atoms with Crippen LogP contribution in [0.5, 0.6) is 0 Å². The van der Waals surface area contributed by atoms with Crippen LogP contribution in [0.1, 0.15) is 58.8 Å². The second-order valence-corrected chi connectivity index (χ2v) is 12.0. The molecule has 1 aliphatic heterocycles. The van der Waals surface area contributed by atoms with Crippen molar-refractivity contribution in [3.63, 3.8) is 0 Å². The number of sulfonamides is 1. The molecule has 0 aliphatic carbocycles. The first-order chi connectivity index (χ1) is 11.4. The summed E-state index contributed by atoms with van der Waals surface area (Å²) in [5, 5.41) is 3.07. The van der Waals surface area contributed by atoms with Gasteiger partial charge in [0.05, 0.1) is 6.42 Å². The number of nitrogens with one attached hydrogen (secondary N) is 1.